The molecule has 0 aromatic rings. The van der Waals surface area contributed by atoms with Gasteiger partial charge < -0.3 is 4.90 Å². The van der Waals surface area contributed by atoms with Crippen LogP contribution in [0.5, 0.6) is 0 Å². The molecule has 0 spiro atoms. The van der Waals surface area contributed by atoms with E-state index >= 15 is 0 Å². The molecular formula is C8H13NOS. The minimum atomic E-state index is 0.286. The van der Waals surface area contributed by atoms with E-state index in [1.54, 1.807) is 0 Å². The van der Waals surface area contributed by atoms with Crippen molar-refractivity contribution in [3.8, 4) is 0 Å². The zero-order valence-corrected chi connectivity index (χ0v) is 7.39. The van der Waals surface area contributed by atoms with E-state index in [9.17, 15) is 4.79 Å². The van der Waals surface area contributed by atoms with Crippen molar-refractivity contribution >= 4 is 18.5 Å². The third-order valence-electron chi connectivity index (χ3n) is 1.77. The van der Waals surface area contributed by atoms with Gasteiger partial charge in [-0.3, -0.25) is 4.79 Å². The molecule has 1 fully saturated rings. The van der Waals surface area contributed by atoms with E-state index in [-0.39, 0.29) is 5.91 Å². The summed E-state index contributed by atoms with van der Waals surface area (Å²) in [6, 6.07) is 0. The van der Waals surface area contributed by atoms with Gasteiger partial charge in [0.2, 0.25) is 5.91 Å². The molecule has 0 bridgehead atoms. The number of hydrogen-bond donors (Lipinski definition) is 1. The van der Waals surface area contributed by atoms with Crippen LogP contribution in [-0.4, -0.2) is 29.6 Å². The summed E-state index contributed by atoms with van der Waals surface area (Å²) in [7, 11) is 0. The Balaban J connectivity index is 2.25. The van der Waals surface area contributed by atoms with Gasteiger partial charge in [0.15, 0.2) is 0 Å². The quantitative estimate of drug-likeness (QED) is 0.498. The van der Waals surface area contributed by atoms with Gasteiger partial charge in [-0.1, -0.05) is 12.2 Å². The van der Waals surface area contributed by atoms with Crippen molar-refractivity contribution in [2.24, 2.45) is 0 Å². The minimum Gasteiger partial charge on any atom is -0.339 e. The summed E-state index contributed by atoms with van der Waals surface area (Å²) < 4.78 is 0. The van der Waals surface area contributed by atoms with Gasteiger partial charge in [-0.25, -0.2) is 0 Å². The molecule has 1 aliphatic heterocycles. The maximum absolute atomic E-state index is 11.0. The fraction of sp³-hybridized carbons (Fsp3) is 0.625. The second kappa shape index (κ2) is 4.44. The first-order valence-corrected chi connectivity index (χ1v) is 4.51. The van der Waals surface area contributed by atoms with Crippen molar-refractivity contribution in [1.29, 1.82) is 0 Å². The highest BCUT2D eigenvalue weighted by Crippen LogP contribution is 2.08. The number of thiol groups is 1. The van der Waals surface area contributed by atoms with Crippen LogP contribution in [0.1, 0.15) is 12.8 Å². The number of nitrogens with zero attached hydrogens (tertiary/aromatic N) is 1. The highest BCUT2D eigenvalue weighted by molar-refractivity contribution is 7.80. The summed E-state index contributed by atoms with van der Waals surface area (Å²) in [6.45, 7) is 1.69. The van der Waals surface area contributed by atoms with E-state index in [1.165, 1.54) is 0 Å². The smallest absolute Gasteiger partial charge is 0.222 e. The molecule has 0 N–H and O–H groups in total. The maximum Gasteiger partial charge on any atom is 0.222 e. The van der Waals surface area contributed by atoms with Gasteiger partial charge in [0, 0.05) is 25.3 Å². The molecule has 1 rings (SSSR count). The lowest BCUT2D eigenvalue weighted by Gasteiger charge is -2.11. The van der Waals surface area contributed by atoms with Crippen LogP contribution >= 0.6 is 12.6 Å². The highest BCUT2D eigenvalue weighted by atomic mass is 32.1. The third kappa shape index (κ3) is 2.58. The molecule has 0 aliphatic carbocycles. The van der Waals surface area contributed by atoms with Crippen molar-refractivity contribution in [2.75, 3.05) is 18.8 Å². The summed E-state index contributed by atoms with van der Waals surface area (Å²) >= 11 is 4.03. The fourth-order valence-electron chi connectivity index (χ4n) is 1.17. The number of carbonyl (C=O) groups is 1. The standard InChI is InChI=1S/C8H13NOS/c10-8-4-3-6-9(8)5-1-2-7-11/h1-2,11H,3-7H2. The van der Waals surface area contributed by atoms with Gasteiger partial charge in [0.05, 0.1) is 0 Å². The van der Waals surface area contributed by atoms with Gasteiger partial charge in [-0.15, -0.1) is 0 Å². The fourth-order valence-corrected chi connectivity index (χ4v) is 1.32. The zero-order valence-electron chi connectivity index (χ0n) is 6.49. The lowest BCUT2D eigenvalue weighted by Crippen LogP contribution is -2.24. The van der Waals surface area contributed by atoms with E-state index in [1.807, 2.05) is 17.1 Å². The molecule has 3 heteroatoms. The average molecular weight is 171 g/mol. The molecule has 1 aliphatic rings. The van der Waals surface area contributed by atoms with Gasteiger partial charge in [-0.2, -0.15) is 12.6 Å². The van der Waals surface area contributed by atoms with Gasteiger partial charge in [0.1, 0.15) is 0 Å². The normalized spacial score (nSPS) is 18.6. The number of likely N-dealkylation sites (tertiary alicyclic amines) is 1. The molecule has 0 aromatic heterocycles. The van der Waals surface area contributed by atoms with Crippen molar-refractivity contribution in [3.63, 3.8) is 0 Å². The molecular weight excluding hydrogens is 158 g/mol. The Morgan fingerprint density at radius 1 is 1.55 bits per heavy atom. The van der Waals surface area contributed by atoms with Crippen LogP contribution in [0.15, 0.2) is 12.2 Å². The molecule has 1 amide bonds. The van der Waals surface area contributed by atoms with Crippen LogP contribution in [0.2, 0.25) is 0 Å². The Kier molecular flexibility index (Phi) is 3.49. The van der Waals surface area contributed by atoms with E-state index in [4.69, 9.17) is 0 Å². The maximum atomic E-state index is 11.0. The van der Waals surface area contributed by atoms with Crippen LogP contribution in [-0.2, 0) is 4.79 Å². The average Bonchev–Trinajstić information content (AvgIpc) is 2.37. The van der Waals surface area contributed by atoms with E-state index in [2.05, 4.69) is 12.6 Å². The van der Waals surface area contributed by atoms with Crippen LogP contribution in [0, 0.1) is 0 Å². The Morgan fingerprint density at radius 3 is 2.91 bits per heavy atom. The first-order chi connectivity index (χ1) is 5.34. The van der Waals surface area contributed by atoms with Gasteiger partial charge in [-0.05, 0) is 6.42 Å². The Bertz CT molecular complexity index is 167. The number of amides is 1. The molecule has 0 radical (unpaired) electrons. The SMILES string of the molecule is O=C1CCCN1CC=CCS. The Morgan fingerprint density at radius 2 is 2.36 bits per heavy atom. The Labute approximate surface area is 72.7 Å². The van der Waals surface area contributed by atoms with Crippen molar-refractivity contribution in [3.05, 3.63) is 12.2 Å². The number of hydrogen-bond acceptors (Lipinski definition) is 2. The minimum absolute atomic E-state index is 0.286. The largest absolute Gasteiger partial charge is 0.339 e. The molecule has 1 saturated heterocycles. The van der Waals surface area contributed by atoms with Gasteiger partial charge in [0.25, 0.3) is 0 Å². The number of carbonyl (C=O) groups excluding carboxylic acids is 1. The summed E-state index contributed by atoms with van der Waals surface area (Å²) in [5, 5.41) is 0. The zero-order chi connectivity index (χ0) is 8.10. The molecule has 2 nitrogen and oxygen atoms in total. The topological polar surface area (TPSA) is 20.3 Å². The molecule has 0 unspecified atom stereocenters. The first-order valence-electron chi connectivity index (χ1n) is 3.88. The summed E-state index contributed by atoms with van der Waals surface area (Å²) in [5.41, 5.74) is 0. The predicted octanol–water partition coefficient (Wildman–Crippen LogP) is 1.09. The van der Waals surface area contributed by atoms with E-state index in [0.29, 0.717) is 0 Å². The monoisotopic (exact) mass is 171 g/mol. The molecule has 62 valence electrons. The molecule has 1 heterocycles. The van der Waals surface area contributed by atoms with Crippen molar-refractivity contribution in [2.45, 2.75) is 12.8 Å². The van der Waals surface area contributed by atoms with Gasteiger partial charge >= 0.3 is 0 Å². The highest BCUT2D eigenvalue weighted by Gasteiger charge is 2.17. The molecule has 0 saturated carbocycles. The first kappa shape index (κ1) is 8.65. The lowest BCUT2D eigenvalue weighted by atomic mass is 10.4. The van der Waals surface area contributed by atoms with Crippen LogP contribution < -0.4 is 0 Å². The Hall–Kier alpha value is -0.440. The second-order valence-corrected chi connectivity index (χ2v) is 2.96. The molecule has 0 atom stereocenters. The van der Waals surface area contributed by atoms with Crippen LogP contribution in [0.4, 0.5) is 0 Å². The van der Waals surface area contributed by atoms with Crippen LogP contribution in [0.3, 0.4) is 0 Å². The predicted molar refractivity (Wildman–Crippen MR) is 48.8 cm³/mol. The molecule has 11 heavy (non-hydrogen) atoms. The molecule has 0 aromatic carbocycles. The second-order valence-electron chi connectivity index (χ2n) is 2.60. The third-order valence-corrected chi connectivity index (χ3v) is 1.98. The van der Waals surface area contributed by atoms with E-state index in [0.717, 1.165) is 31.7 Å². The summed E-state index contributed by atoms with van der Waals surface area (Å²) in [4.78, 5) is 12.9. The van der Waals surface area contributed by atoms with Crippen molar-refractivity contribution in [1.82, 2.24) is 4.90 Å². The lowest BCUT2D eigenvalue weighted by molar-refractivity contribution is -0.127. The summed E-state index contributed by atoms with van der Waals surface area (Å²) in [5.74, 6) is 1.04. The van der Waals surface area contributed by atoms with Crippen LogP contribution in [0.25, 0.3) is 0 Å². The van der Waals surface area contributed by atoms with Crippen molar-refractivity contribution < 1.29 is 4.79 Å². The van der Waals surface area contributed by atoms with E-state index < -0.39 is 0 Å². The number of rotatable bonds is 3. The summed E-state index contributed by atoms with van der Waals surface area (Å²) in [6.07, 6.45) is 5.72.